The molecule has 1 N–H and O–H groups in total. The number of ether oxygens (including phenoxy) is 1. The Hall–Kier alpha value is -1.88. The minimum atomic E-state index is -0.455. The molecule has 5 heteroatoms. The maximum Gasteiger partial charge on any atom is 0.134 e. The molecule has 0 aliphatic rings. The topological polar surface area (TPSA) is 60.2 Å². The van der Waals surface area contributed by atoms with E-state index in [2.05, 4.69) is 10.3 Å². The third kappa shape index (κ3) is 3.04. The van der Waals surface area contributed by atoms with Crippen molar-refractivity contribution in [1.29, 1.82) is 0 Å². The molecule has 5 nitrogen and oxygen atoms in total. The van der Waals surface area contributed by atoms with Crippen molar-refractivity contribution in [3.8, 4) is 5.75 Å². The normalized spacial score (nSPS) is 12.4. The van der Waals surface area contributed by atoms with Gasteiger partial charge in [-0.3, -0.25) is 4.68 Å². The van der Waals surface area contributed by atoms with Gasteiger partial charge in [-0.15, -0.1) is 5.10 Å². The van der Waals surface area contributed by atoms with Crippen LogP contribution in [0.5, 0.6) is 5.75 Å². The van der Waals surface area contributed by atoms with Gasteiger partial charge in [0.05, 0.1) is 12.3 Å². The van der Waals surface area contributed by atoms with Crippen LogP contribution in [-0.2, 0) is 13.7 Å². The first-order valence-corrected chi connectivity index (χ1v) is 5.41. The lowest BCUT2D eigenvalue weighted by atomic mass is 10.1. The lowest BCUT2D eigenvalue weighted by Crippen LogP contribution is -1.96. The lowest BCUT2D eigenvalue weighted by molar-refractivity contribution is 0.199. The smallest absolute Gasteiger partial charge is 0.134 e. The molecule has 1 aromatic heterocycles. The van der Waals surface area contributed by atoms with Crippen molar-refractivity contribution in [3.63, 3.8) is 0 Å². The Balaban J connectivity index is 1.95. The molecule has 2 rings (SSSR count). The van der Waals surface area contributed by atoms with Gasteiger partial charge >= 0.3 is 0 Å². The van der Waals surface area contributed by atoms with Gasteiger partial charge in [0.15, 0.2) is 0 Å². The van der Waals surface area contributed by atoms with E-state index < -0.39 is 6.10 Å². The van der Waals surface area contributed by atoms with E-state index in [1.807, 2.05) is 37.5 Å². The molecule has 0 spiro atoms. The molecule has 0 saturated carbocycles. The SMILES string of the molecule is C[C@@H](O)c1ccc(OCc2cn(C)nn2)cc1. The van der Waals surface area contributed by atoms with Crippen molar-refractivity contribution in [2.75, 3.05) is 0 Å². The number of nitrogens with zero attached hydrogens (tertiary/aromatic N) is 3. The number of hydrogen-bond donors (Lipinski definition) is 1. The molecule has 0 aliphatic carbocycles. The summed E-state index contributed by atoms with van der Waals surface area (Å²) in [5.74, 6) is 0.750. The predicted octanol–water partition coefficient (Wildman–Crippen LogP) is 1.45. The number of aliphatic hydroxyl groups excluding tert-OH is 1. The highest BCUT2D eigenvalue weighted by atomic mass is 16.5. The largest absolute Gasteiger partial charge is 0.487 e. The van der Waals surface area contributed by atoms with Gasteiger partial charge in [0.2, 0.25) is 0 Å². The minimum absolute atomic E-state index is 0.391. The van der Waals surface area contributed by atoms with Crippen LogP contribution in [0.1, 0.15) is 24.3 Å². The number of benzene rings is 1. The average Bonchev–Trinajstić information content (AvgIpc) is 2.73. The summed E-state index contributed by atoms with van der Waals surface area (Å²) in [4.78, 5) is 0. The fraction of sp³-hybridized carbons (Fsp3) is 0.333. The van der Waals surface area contributed by atoms with Gasteiger partial charge in [0.25, 0.3) is 0 Å². The van der Waals surface area contributed by atoms with Crippen LogP contribution in [0.3, 0.4) is 0 Å². The summed E-state index contributed by atoms with van der Waals surface area (Å²) in [7, 11) is 1.81. The molecular formula is C12H15N3O2. The summed E-state index contributed by atoms with van der Waals surface area (Å²) >= 11 is 0. The van der Waals surface area contributed by atoms with Crippen LogP contribution in [0, 0.1) is 0 Å². The second-order valence-electron chi connectivity index (χ2n) is 3.92. The van der Waals surface area contributed by atoms with Crippen molar-refractivity contribution in [3.05, 3.63) is 41.7 Å². The van der Waals surface area contributed by atoms with Crippen molar-refractivity contribution >= 4 is 0 Å². The van der Waals surface area contributed by atoms with E-state index in [9.17, 15) is 5.11 Å². The number of rotatable bonds is 4. The summed E-state index contributed by atoms with van der Waals surface area (Å²) in [6.07, 6.45) is 1.36. The highest BCUT2D eigenvalue weighted by molar-refractivity contribution is 5.28. The van der Waals surface area contributed by atoms with Crippen LogP contribution in [0.4, 0.5) is 0 Å². The van der Waals surface area contributed by atoms with Crippen LogP contribution in [-0.4, -0.2) is 20.1 Å². The summed E-state index contributed by atoms with van der Waals surface area (Å²) in [6.45, 7) is 2.12. The van der Waals surface area contributed by atoms with Crippen molar-refractivity contribution in [1.82, 2.24) is 15.0 Å². The van der Waals surface area contributed by atoms with Gasteiger partial charge in [-0.05, 0) is 24.6 Å². The molecule has 0 fully saturated rings. The van der Waals surface area contributed by atoms with Gasteiger partial charge < -0.3 is 9.84 Å². The van der Waals surface area contributed by atoms with Gasteiger partial charge in [0, 0.05) is 7.05 Å². The maximum absolute atomic E-state index is 9.36. The molecule has 17 heavy (non-hydrogen) atoms. The first-order valence-electron chi connectivity index (χ1n) is 5.41. The van der Waals surface area contributed by atoms with E-state index in [-0.39, 0.29) is 0 Å². The average molecular weight is 233 g/mol. The van der Waals surface area contributed by atoms with E-state index >= 15 is 0 Å². The third-order valence-electron chi connectivity index (χ3n) is 2.40. The highest BCUT2D eigenvalue weighted by Crippen LogP contribution is 2.17. The first-order chi connectivity index (χ1) is 8.15. The fourth-order valence-corrected chi connectivity index (χ4v) is 1.46. The Labute approximate surface area is 99.7 Å². The van der Waals surface area contributed by atoms with Gasteiger partial charge in [-0.2, -0.15) is 0 Å². The number of aromatic nitrogens is 3. The van der Waals surface area contributed by atoms with E-state index in [0.29, 0.717) is 6.61 Å². The number of aryl methyl sites for hydroxylation is 1. The zero-order valence-corrected chi connectivity index (χ0v) is 9.87. The molecular weight excluding hydrogens is 218 g/mol. The van der Waals surface area contributed by atoms with Crippen LogP contribution in [0.15, 0.2) is 30.5 Å². The Kier molecular flexibility index (Phi) is 3.39. The molecule has 90 valence electrons. The highest BCUT2D eigenvalue weighted by Gasteiger charge is 2.02. The molecule has 2 aromatic rings. The van der Waals surface area contributed by atoms with Gasteiger partial charge in [-0.25, -0.2) is 0 Å². The summed E-state index contributed by atoms with van der Waals surface area (Å²) in [6, 6.07) is 7.35. The Bertz CT molecular complexity index is 477. The van der Waals surface area contributed by atoms with Crippen molar-refractivity contribution in [2.45, 2.75) is 19.6 Å². The Morgan fingerprint density at radius 3 is 2.59 bits per heavy atom. The van der Waals surface area contributed by atoms with Crippen molar-refractivity contribution < 1.29 is 9.84 Å². The Morgan fingerprint density at radius 1 is 1.35 bits per heavy atom. The van der Waals surface area contributed by atoms with Gasteiger partial charge in [-0.1, -0.05) is 17.3 Å². The zero-order valence-electron chi connectivity index (χ0n) is 9.87. The molecule has 0 bridgehead atoms. The lowest BCUT2D eigenvalue weighted by Gasteiger charge is -2.07. The molecule has 0 amide bonds. The van der Waals surface area contributed by atoms with E-state index in [4.69, 9.17) is 4.74 Å². The second kappa shape index (κ2) is 4.97. The van der Waals surface area contributed by atoms with E-state index in [1.165, 1.54) is 0 Å². The molecule has 0 saturated heterocycles. The standard InChI is InChI=1S/C12H15N3O2/c1-9(16)10-3-5-12(6-4-10)17-8-11-7-15(2)14-13-11/h3-7,9,16H,8H2,1-2H3/t9-/m1/s1. The summed E-state index contributed by atoms with van der Waals surface area (Å²) < 4.78 is 7.18. The number of hydrogen-bond acceptors (Lipinski definition) is 4. The molecule has 1 aromatic carbocycles. The van der Waals surface area contributed by atoms with E-state index in [0.717, 1.165) is 17.0 Å². The fourth-order valence-electron chi connectivity index (χ4n) is 1.46. The number of aliphatic hydroxyl groups is 1. The zero-order chi connectivity index (χ0) is 12.3. The Morgan fingerprint density at radius 2 is 2.06 bits per heavy atom. The molecule has 1 heterocycles. The van der Waals surface area contributed by atoms with Crippen LogP contribution < -0.4 is 4.74 Å². The monoisotopic (exact) mass is 233 g/mol. The van der Waals surface area contributed by atoms with Gasteiger partial charge in [0.1, 0.15) is 18.1 Å². The van der Waals surface area contributed by atoms with Crippen LogP contribution in [0.25, 0.3) is 0 Å². The molecule has 1 atom stereocenters. The molecule has 0 radical (unpaired) electrons. The third-order valence-corrected chi connectivity index (χ3v) is 2.40. The molecule has 0 aliphatic heterocycles. The van der Waals surface area contributed by atoms with Crippen molar-refractivity contribution in [2.24, 2.45) is 7.05 Å². The summed E-state index contributed by atoms with van der Waals surface area (Å²) in [5, 5.41) is 17.1. The minimum Gasteiger partial charge on any atom is -0.487 e. The first kappa shape index (κ1) is 11.6. The quantitative estimate of drug-likeness (QED) is 0.868. The van der Waals surface area contributed by atoms with E-state index in [1.54, 1.807) is 11.6 Å². The molecule has 0 unspecified atom stereocenters. The van der Waals surface area contributed by atoms with Crippen LogP contribution in [0.2, 0.25) is 0 Å². The summed E-state index contributed by atoms with van der Waals surface area (Å²) in [5.41, 5.74) is 1.66. The predicted molar refractivity (Wildman–Crippen MR) is 62.4 cm³/mol. The van der Waals surface area contributed by atoms with Crippen LogP contribution >= 0.6 is 0 Å². The second-order valence-corrected chi connectivity index (χ2v) is 3.92. The maximum atomic E-state index is 9.36.